The smallest absolute Gasteiger partial charge is 0.433 e. The standard InChI is InChI=1S/C15H13F3N2O3S/c1-6-8-4-5-9(15(16,17)18)19-13(8)24-11(6)12(21)20-10(14(22)23)7-2-3-7/h4-5,7,10H,2-3H2,1H3,(H,20,21)(H,22,23). The Hall–Kier alpha value is -2.16. The van der Waals surface area contributed by atoms with Crippen LogP contribution in [0.1, 0.15) is 33.8 Å². The monoisotopic (exact) mass is 358 g/mol. The number of fused-ring (bicyclic) bond motifs is 1. The van der Waals surface area contributed by atoms with Gasteiger partial charge in [0.2, 0.25) is 0 Å². The largest absolute Gasteiger partial charge is 0.480 e. The number of aliphatic carboxylic acids is 1. The molecule has 1 saturated carbocycles. The van der Waals surface area contributed by atoms with E-state index in [0.29, 0.717) is 10.9 Å². The Morgan fingerprint density at radius 2 is 2.04 bits per heavy atom. The molecule has 2 N–H and O–H groups in total. The van der Waals surface area contributed by atoms with Crippen molar-refractivity contribution in [2.24, 2.45) is 5.92 Å². The average molecular weight is 358 g/mol. The lowest BCUT2D eigenvalue weighted by atomic mass is 10.1. The van der Waals surface area contributed by atoms with Crippen LogP contribution in [0.25, 0.3) is 10.2 Å². The number of carboxylic acid groups (broad SMARTS) is 1. The predicted octanol–water partition coefficient (Wildman–Crippen LogP) is 3.22. The first kappa shape index (κ1) is 16.7. The highest BCUT2D eigenvalue weighted by molar-refractivity contribution is 7.20. The molecular weight excluding hydrogens is 345 g/mol. The molecule has 1 fully saturated rings. The van der Waals surface area contributed by atoms with Crippen LogP contribution < -0.4 is 5.32 Å². The summed E-state index contributed by atoms with van der Waals surface area (Å²) in [6, 6.07) is 1.18. The molecule has 3 rings (SSSR count). The van der Waals surface area contributed by atoms with E-state index < -0.39 is 29.8 Å². The van der Waals surface area contributed by atoms with E-state index in [1.54, 1.807) is 6.92 Å². The number of carbonyl (C=O) groups excluding carboxylic acids is 1. The second kappa shape index (κ2) is 5.73. The number of carboxylic acids is 1. The van der Waals surface area contributed by atoms with Gasteiger partial charge in [0.25, 0.3) is 5.91 Å². The number of aryl methyl sites for hydroxylation is 1. The molecule has 0 bridgehead atoms. The Balaban J connectivity index is 1.92. The first-order valence-electron chi connectivity index (χ1n) is 7.19. The predicted molar refractivity (Wildman–Crippen MR) is 81.0 cm³/mol. The van der Waals surface area contributed by atoms with E-state index >= 15 is 0 Å². The lowest BCUT2D eigenvalue weighted by Gasteiger charge is -2.12. The number of hydrogen-bond acceptors (Lipinski definition) is 4. The minimum atomic E-state index is -4.56. The fourth-order valence-electron chi connectivity index (χ4n) is 2.49. The lowest BCUT2D eigenvalue weighted by Crippen LogP contribution is -2.42. The third-order valence-electron chi connectivity index (χ3n) is 3.95. The number of nitrogens with zero attached hydrogens (tertiary/aromatic N) is 1. The highest BCUT2D eigenvalue weighted by Crippen LogP contribution is 2.35. The van der Waals surface area contributed by atoms with Gasteiger partial charge in [-0.15, -0.1) is 11.3 Å². The number of hydrogen-bond donors (Lipinski definition) is 2. The molecule has 0 aromatic carbocycles. The molecule has 1 atom stereocenters. The van der Waals surface area contributed by atoms with Gasteiger partial charge in [-0.25, -0.2) is 9.78 Å². The van der Waals surface area contributed by atoms with Crippen LogP contribution in [0.2, 0.25) is 0 Å². The SMILES string of the molecule is Cc1c(C(=O)NC(C(=O)O)C2CC2)sc2nc(C(F)(F)F)ccc12. The highest BCUT2D eigenvalue weighted by Gasteiger charge is 2.38. The van der Waals surface area contributed by atoms with E-state index in [1.807, 2.05) is 0 Å². The number of aromatic nitrogens is 1. The van der Waals surface area contributed by atoms with E-state index in [2.05, 4.69) is 10.3 Å². The van der Waals surface area contributed by atoms with Gasteiger partial charge in [-0.2, -0.15) is 13.2 Å². The Bertz CT molecular complexity index is 827. The molecule has 9 heteroatoms. The van der Waals surface area contributed by atoms with Gasteiger partial charge in [-0.3, -0.25) is 4.79 Å². The third-order valence-corrected chi connectivity index (χ3v) is 5.15. The fourth-order valence-corrected chi connectivity index (χ4v) is 3.57. The Kier molecular flexibility index (Phi) is 3.98. The summed E-state index contributed by atoms with van der Waals surface area (Å²) in [5.41, 5.74) is -0.529. The minimum absolute atomic E-state index is 0.0870. The summed E-state index contributed by atoms with van der Waals surface area (Å²) in [5.74, 6) is -1.79. The Morgan fingerprint density at radius 1 is 1.38 bits per heavy atom. The van der Waals surface area contributed by atoms with Gasteiger partial charge in [-0.1, -0.05) is 0 Å². The molecule has 5 nitrogen and oxygen atoms in total. The number of nitrogens with one attached hydrogen (secondary N) is 1. The van der Waals surface area contributed by atoms with Crippen molar-refractivity contribution in [3.63, 3.8) is 0 Å². The summed E-state index contributed by atoms with van der Waals surface area (Å²) in [7, 11) is 0. The van der Waals surface area contributed by atoms with Crippen molar-refractivity contribution in [3.05, 3.63) is 28.3 Å². The first-order chi connectivity index (χ1) is 11.2. The summed E-state index contributed by atoms with van der Waals surface area (Å²) < 4.78 is 38.2. The number of alkyl halides is 3. The van der Waals surface area contributed by atoms with Gasteiger partial charge < -0.3 is 10.4 Å². The van der Waals surface area contributed by atoms with Gasteiger partial charge in [0.1, 0.15) is 16.6 Å². The average Bonchev–Trinajstić information content (AvgIpc) is 3.27. The van der Waals surface area contributed by atoms with Gasteiger partial charge in [0, 0.05) is 5.39 Å². The highest BCUT2D eigenvalue weighted by atomic mass is 32.1. The van der Waals surface area contributed by atoms with Crippen LogP contribution in [0, 0.1) is 12.8 Å². The molecule has 2 aromatic rings. The summed E-state index contributed by atoms with van der Waals surface area (Å²) in [6.07, 6.45) is -3.09. The molecule has 0 saturated heterocycles. The lowest BCUT2D eigenvalue weighted by molar-refractivity contribution is -0.141. The quantitative estimate of drug-likeness (QED) is 0.880. The van der Waals surface area contributed by atoms with E-state index in [9.17, 15) is 22.8 Å². The zero-order valence-electron chi connectivity index (χ0n) is 12.5. The van der Waals surface area contributed by atoms with E-state index in [-0.39, 0.29) is 15.6 Å². The van der Waals surface area contributed by atoms with Gasteiger partial charge >= 0.3 is 12.1 Å². The van der Waals surface area contributed by atoms with Crippen molar-refractivity contribution in [1.82, 2.24) is 10.3 Å². The number of pyridine rings is 1. The molecule has 0 radical (unpaired) electrons. The van der Waals surface area contributed by atoms with Crippen molar-refractivity contribution >= 4 is 33.4 Å². The summed E-state index contributed by atoms with van der Waals surface area (Å²) >= 11 is 0.832. The second-order valence-electron chi connectivity index (χ2n) is 5.73. The van der Waals surface area contributed by atoms with Crippen molar-refractivity contribution in [3.8, 4) is 0 Å². The number of rotatable bonds is 4. The molecule has 1 unspecified atom stereocenters. The minimum Gasteiger partial charge on any atom is -0.480 e. The maximum absolute atomic E-state index is 12.7. The zero-order valence-corrected chi connectivity index (χ0v) is 13.3. The fraction of sp³-hybridized carbons (Fsp3) is 0.400. The maximum atomic E-state index is 12.7. The normalized spacial score (nSPS) is 16.2. The molecule has 0 aliphatic heterocycles. The first-order valence-corrected chi connectivity index (χ1v) is 8.01. The van der Waals surface area contributed by atoms with Crippen molar-refractivity contribution in [2.75, 3.05) is 0 Å². The zero-order chi connectivity index (χ0) is 17.6. The van der Waals surface area contributed by atoms with E-state index in [1.165, 1.54) is 6.07 Å². The third kappa shape index (κ3) is 3.08. The number of amides is 1. The van der Waals surface area contributed by atoms with Crippen LogP contribution in [0.5, 0.6) is 0 Å². The molecule has 2 heterocycles. The van der Waals surface area contributed by atoms with Gasteiger partial charge in [0.05, 0.1) is 4.88 Å². The second-order valence-corrected chi connectivity index (χ2v) is 6.73. The topological polar surface area (TPSA) is 79.3 Å². The number of thiophene rings is 1. The summed E-state index contributed by atoms with van der Waals surface area (Å²) in [4.78, 5) is 27.4. The van der Waals surface area contributed by atoms with Crippen molar-refractivity contribution in [1.29, 1.82) is 0 Å². The van der Waals surface area contributed by atoms with Gasteiger partial charge in [0.15, 0.2) is 0 Å². The Labute approximate surface area is 138 Å². The molecule has 128 valence electrons. The molecule has 2 aromatic heterocycles. The molecule has 1 aliphatic rings. The number of carbonyl (C=O) groups is 2. The molecule has 24 heavy (non-hydrogen) atoms. The molecule has 1 aliphatic carbocycles. The van der Waals surface area contributed by atoms with Gasteiger partial charge in [-0.05, 0) is 43.4 Å². The summed E-state index contributed by atoms with van der Waals surface area (Å²) in [5, 5.41) is 12.1. The van der Waals surface area contributed by atoms with Crippen LogP contribution in [0.4, 0.5) is 13.2 Å². The van der Waals surface area contributed by atoms with Crippen LogP contribution >= 0.6 is 11.3 Å². The maximum Gasteiger partial charge on any atom is 0.433 e. The molecule has 1 amide bonds. The summed E-state index contributed by atoms with van der Waals surface area (Å²) in [6.45, 7) is 1.61. The van der Waals surface area contributed by atoms with Crippen LogP contribution in [0.15, 0.2) is 12.1 Å². The van der Waals surface area contributed by atoms with E-state index in [4.69, 9.17) is 5.11 Å². The van der Waals surface area contributed by atoms with Crippen molar-refractivity contribution < 1.29 is 27.9 Å². The van der Waals surface area contributed by atoms with Crippen LogP contribution in [-0.4, -0.2) is 28.0 Å². The van der Waals surface area contributed by atoms with Crippen LogP contribution in [-0.2, 0) is 11.0 Å². The van der Waals surface area contributed by atoms with E-state index in [0.717, 1.165) is 30.2 Å². The molecular formula is C15H13F3N2O3S. The molecule has 0 spiro atoms. The number of halogens is 3. The Morgan fingerprint density at radius 3 is 2.58 bits per heavy atom. The van der Waals surface area contributed by atoms with Crippen molar-refractivity contribution in [2.45, 2.75) is 32.0 Å². The van der Waals surface area contributed by atoms with Crippen LogP contribution in [0.3, 0.4) is 0 Å².